The van der Waals surface area contributed by atoms with Gasteiger partial charge in [-0.2, -0.15) is 0 Å². The molecule has 0 fully saturated rings. The Morgan fingerprint density at radius 1 is 1.20 bits per heavy atom. The number of hydrogen-bond acceptors (Lipinski definition) is 2. The van der Waals surface area contributed by atoms with E-state index in [2.05, 4.69) is 66.1 Å². The van der Waals surface area contributed by atoms with E-state index >= 15 is 0 Å². The van der Waals surface area contributed by atoms with Crippen LogP contribution in [-0.2, 0) is 0 Å². The van der Waals surface area contributed by atoms with E-state index in [9.17, 15) is 0 Å². The zero-order valence-corrected chi connectivity index (χ0v) is 12.9. The van der Waals surface area contributed by atoms with Gasteiger partial charge in [0.15, 0.2) is 0 Å². The zero-order valence-electron chi connectivity index (χ0n) is 12.9. The second-order valence-electron chi connectivity index (χ2n) is 5.71. The largest absolute Gasteiger partial charge is 0.353 e. The van der Waals surface area contributed by atoms with E-state index in [0.29, 0.717) is 6.04 Å². The number of hydrogen-bond donors (Lipinski definition) is 1. The first-order valence-corrected chi connectivity index (χ1v) is 7.48. The molecular formula is C17H25N3. The summed E-state index contributed by atoms with van der Waals surface area (Å²) in [4.78, 5) is 4.61. The molecular weight excluding hydrogens is 246 g/mol. The van der Waals surface area contributed by atoms with Gasteiger partial charge in [-0.3, -0.25) is 4.57 Å². The molecule has 20 heavy (non-hydrogen) atoms. The number of nitrogens with zero attached hydrogens (tertiary/aromatic N) is 2. The monoisotopic (exact) mass is 271 g/mol. The number of nitrogens with one attached hydrogen (secondary N) is 1. The Morgan fingerprint density at radius 2 is 1.90 bits per heavy atom. The van der Waals surface area contributed by atoms with Gasteiger partial charge in [-0.1, -0.05) is 38.5 Å². The quantitative estimate of drug-likeness (QED) is 0.843. The van der Waals surface area contributed by atoms with Crippen LogP contribution in [0, 0.1) is 12.8 Å². The standard InChI is InChI=1S/C17H25N3/c1-5-13(2)11-14(3)18-17-19-15(4)12-20(17)16-9-7-6-8-10-16/h6-10,12-14H,5,11H2,1-4H3,(H,18,19). The molecule has 0 bridgehead atoms. The number of rotatable bonds is 6. The molecule has 1 aromatic heterocycles. The molecule has 0 spiro atoms. The van der Waals surface area contributed by atoms with Crippen molar-refractivity contribution in [2.24, 2.45) is 5.92 Å². The van der Waals surface area contributed by atoms with E-state index in [1.54, 1.807) is 0 Å². The van der Waals surface area contributed by atoms with Crippen molar-refractivity contribution in [3.05, 3.63) is 42.2 Å². The molecule has 1 aromatic carbocycles. The number of imidazole rings is 1. The summed E-state index contributed by atoms with van der Waals surface area (Å²) in [5, 5.41) is 3.55. The van der Waals surface area contributed by atoms with Crippen molar-refractivity contribution in [3.8, 4) is 5.69 Å². The maximum atomic E-state index is 4.61. The number of para-hydroxylation sites is 1. The normalized spacial score (nSPS) is 14.0. The number of aryl methyl sites for hydroxylation is 1. The van der Waals surface area contributed by atoms with Gasteiger partial charge in [-0.25, -0.2) is 4.98 Å². The summed E-state index contributed by atoms with van der Waals surface area (Å²) in [5.41, 5.74) is 2.18. The lowest BCUT2D eigenvalue weighted by molar-refractivity contribution is 0.482. The third-order valence-electron chi connectivity index (χ3n) is 3.69. The summed E-state index contributed by atoms with van der Waals surface area (Å²) < 4.78 is 2.13. The molecule has 0 aliphatic carbocycles. The molecule has 0 radical (unpaired) electrons. The molecule has 1 heterocycles. The Hall–Kier alpha value is -1.77. The van der Waals surface area contributed by atoms with E-state index < -0.39 is 0 Å². The molecule has 0 aliphatic heterocycles. The van der Waals surface area contributed by atoms with E-state index in [4.69, 9.17) is 0 Å². The fourth-order valence-electron chi connectivity index (χ4n) is 2.43. The summed E-state index contributed by atoms with van der Waals surface area (Å²) in [7, 11) is 0. The van der Waals surface area contributed by atoms with Gasteiger partial charge in [0.25, 0.3) is 0 Å². The highest BCUT2D eigenvalue weighted by Crippen LogP contribution is 2.19. The van der Waals surface area contributed by atoms with Gasteiger partial charge in [-0.15, -0.1) is 0 Å². The molecule has 2 aromatic rings. The first kappa shape index (κ1) is 14.6. The third kappa shape index (κ3) is 3.62. The fraction of sp³-hybridized carbons (Fsp3) is 0.471. The Bertz CT molecular complexity index is 530. The Labute approximate surface area is 122 Å². The topological polar surface area (TPSA) is 29.9 Å². The second-order valence-corrected chi connectivity index (χ2v) is 5.71. The highest BCUT2D eigenvalue weighted by molar-refractivity contribution is 5.43. The molecule has 0 amide bonds. The minimum absolute atomic E-state index is 0.425. The highest BCUT2D eigenvalue weighted by Gasteiger charge is 2.12. The molecule has 0 aliphatic rings. The van der Waals surface area contributed by atoms with Crippen LogP contribution in [-0.4, -0.2) is 15.6 Å². The average molecular weight is 271 g/mol. The zero-order chi connectivity index (χ0) is 14.5. The Morgan fingerprint density at radius 3 is 2.55 bits per heavy atom. The summed E-state index contributed by atoms with van der Waals surface area (Å²) in [6, 6.07) is 10.8. The van der Waals surface area contributed by atoms with Crippen molar-refractivity contribution in [2.45, 2.75) is 46.6 Å². The average Bonchev–Trinajstić information content (AvgIpc) is 2.80. The van der Waals surface area contributed by atoms with Crippen LogP contribution < -0.4 is 5.32 Å². The van der Waals surface area contributed by atoms with Crippen LogP contribution in [0.3, 0.4) is 0 Å². The highest BCUT2D eigenvalue weighted by atomic mass is 15.2. The number of benzene rings is 1. The van der Waals surface area contributed by atoms with Crippen LogP contribution >= 0.6 is 0 Å². The maximum absolute atomic E-state index is 4.61. The van der Waals surface area contributed by atoms with Crippen LogP contribution in [0.4, 0.5) is 5.95 Å². The van der Waals surface area contributed by atoms with Crippen LogP contribution in [0.2, 0.25) is 0 Å². The minimum Gasteiger partial charge on any atom is -0.353 e. The molecule has 2 atom stereocenters. The third-order valence-corrected chi connectivity index (χ3v) is 3.69. The molecule has 108 valence electrons. The van der Waals surface area contributed by atoms with Gasteiger partial charge in [0.1, 0.15) is 0 Å². The van der Waals surface area contributed by atoms with Crippen molar-refractivity contribution in [1.29, 1.82) is 0 Å². The van der Waals surface area contributed by atoms with E-state index in [1.165, 1.54) is 6.42 Å². The summed E-state index contributed by atoms with van der Waals surface area (Å²) >= 11 is 0. The van der Waals surface area contributed by atoms with Gasteiger partial charge in [0, 0.05) is 17.9 Å². The van der Waals surface area contributed by atoms with E-state index in [1.807, 2.05) is 13.0 Å². The maximum Gasteiger partial charge on any atom is 0.207 e. The number of anilines is 1. The Kier molecular flexibility index (Phi) is 4.83. The van der Waals surface area contributed by atoms with E-state index in [0.717, 1.165) is 29.7 Å². The van der Waals surface area contributed by atoms with Crippen molar-refractivity contribution in [3.63, 3.8) is 0 Å². The van der Waals surface area contributed by atoms with Crippen LogP contribution in [0.1, 0.15) is 39.3 Å². The minimum atomic E-state index is 0.425. The molecule has 0 saturated carbocycles. The molecule has 2 rings (SSSR count). The first-order chi connectivity index (χ1) is 9.60. The van der Waals surface area contributed by atoms with Gasteiger partial charge in [0.2, 0.25) is 5.95 Å². The number of aromatic nitrogens is 2. The summed E-state index contributed by atoms with van der Waals surface area (Å²) in [6.07, 6.45) is 4.46. The van der Waals surface area contributed by atoms with Crippen LogP contribution in [0.25, 0.3) is 5.69 Å². The molecule has 3 nitrogen and oxygen atoms in total. The summed E-state index contributed by atoms with van der Waals surface area (Å²) in [5.74, 6) is 1.67. The van der Waals surface area contributed by atoms with E-state index in [-0.39, 0.29) is 0 Å². The Balaban J connectivity index is 2.16. The molecule has 2 unspecified atom stereocenters. The fourth-order valence-corrected chi connectivity index (χ4v) is 2.43. The smallest absolute Gasteiger partial charge is 0.207 e. The van der Waals surface area contributed by atoms with Gasteiger partial charge in [0.05, 0.1) is 5.69 Å². The van der Waals surface area contributed by atoms with Crippen molar-refractivity contribution in [2.75, 3.05) is 5.32 Å². The molecule has 3 heteroatoms. The van der Waals surface area contributed by atoms with Crippen LogP contribution in [0.15, 0.2) is 36.5 Å². The lowest BCUT2D eigenvalue weighted by Gasteiger charge is -2.19. The SMILES string of the molecule is CCC(C)CC(C)Nc1nc(C)cn1-c1ccccc1. The lowest BCUT2D eigenvalue weighted by Crippen LogP contribution is -2.20. The van der Waals surface area contributed by atoms with Gasteiger partial charge >= 0.3 is 0 Å². The molecule has 1 N–H and O–H groups in total. The predicted octanol–water partition coefficient (Wildman–Crippen LogP) is 4.42. The second kappa shape index (κ2) is 6.60. The van der Waals surface area contributed by atoms with Gasteiger partial charge in [-0.05, 0) is 38.3 Å². The van der Waals surface area contributed by atoms with Crippen molar-refractivity contribution < 1.29 is 0 Å². The van der Waals surface area contributed by atoms with Gasteiger partial charge < -0.3 is 5.32 Å². The van der Waals surface area contributed by atoms with Crippen LogP contribution in [0.5, 0.6) is 0 Å². The van der Waals surface area contributed by atoms with Crippen molar-refractivity contribution >= 4 is 5.95 Å². The lowest BCUT2D eigenvalue weighted by atomic mass is 10.0. The summed E-state index contributed by atoms with van der Waals surface area (Å²) in [6.45, 7) is 8.80. The first-order valence-electron chi connectivity index (χ1n) is 7.48. The van der Waals surface area contributed by atoms with Crippen molar-refractivity contribution in [1.82, 2.24) is 9.55 Å². The molecule has 0 saturated heterocycles. The predicted molar refractivity (Wildman–Crippen MR) is 85.5 cm³/mol.